The van der Waals surface area contributed by atoms with Crippen molar-refractivity contribution in [2.45, 2.75) is 12.5 Å². The van der Waals surface area contributed by atoms with Crippen molar-refractivity contribution in [2.24, 2.45) is 0 Å². The molecule has 0 saturated carbocycles. The maximum atomic E-state index is 10.1. The van der Waals surface area contributed by atoms with Gasteiger partial charge in [0.25, 0.3) is 0 Å². The first kappa shape index (κ1) is 14.7. The minimum absolute atomic E-state index is 0.488. The zero-order chi connectivity index (χ0) is 14.4. The number of methoxy groups -OCH3 is 1. The van der Waals surface area contributed by atoms with Crippen molar-refractivity contribution < 1.29 is 9.84 Å². The van der Waals surface area contributed by atoms with Crippen LogP contribution in [0.3, 0.4) is 0 Å². The van der Waals surface area contributed by atoms with E-state index in [4.69, 9.17) is 16.3 Å². The molecule has 0 aliphatic rings. The third-order valence-corrected chi connectivity index (χ3v) is 3.34. The van der Waals surface area contributed by atoms with Crippen LogP contribution in [0.25, 0.3) is 0 Å². The lowest BCUT2D eigenvalue weighted by molar-refractivity contribution is 0.171. The summed E-state index contributed by atoms with van der Waals surface area (Å²) in [6.45, 7) is 0.691. The van der Waals surface area contributed by atoms with E-state index in [2.05, 4.69) is 5.32 Å². The van der Waals surface area contributed by atoms with E-state index in [0.717, 1.165) is 17.0 Å². The number of nitrogens with one attached hydrogen (secondary N) is 1. The van der Waals surface area contributed by atoms with Gasteiger partial charge in [-0.3, -0.25) is 0 Å². The summed E-state index contributed by atoms with van der Waals surface area (Å²) in [7, 11) is 1.64. The molecule has 0 heterocycles. The van der Waals surface area contributed by atoms with Crippen molar-refractivity contribution in [3.8, 4) is 5.75 Å². The molecule has 0 saturated heterocycles. The molecule has 0 fully saturated rings. The molecule has 2 N–H and O–H groups in total. The normalized spacial score (nSPS) is 11.9. The van der Waals surface area contributed by atoms with Crippen molar-refractivity contribution in [2.75, 3.05) is 19.0 Å². The van der Waals surface area contributed by atoms with Gasteiger partial charge in [-0.2, -0.15) is 0 Å². The quantitative estimate of drug-likeness (QED) is 0.848. The molecule has 0 amide bonds. The Morgan fingerprint density at radius 1 is 1.10 bits per heavy atom. The topological polar surface area (TPSA) is 41.5 Å². The van der Waals surface area contributed by atoms with Crippen molar-refractivity contribution in [3.05, 3.63) is 59.1 Å². The van der Waals surface area contributed by atoms with E-state index in [-0.39, 0.29) is 0 Å². The number of hydrogen-bond acceptors (Lipinski definition) is 3. The van der Waals surface area contributed by atoms with Crippen LogP contribution in [0.4, 0.5) is 5.69 Å². The van der Waals surface area contributed by atoms with E-state index in [9.17, 15) is 5.11 Å². The lowest BCUT2D eigenvalue weighted by Crippen LogP contribution is -2.07. The van der Waals surface area contributed by atoms with Crippen molar-refractivity contribution in [3.63, 3.8) is 0 Å². The van der Waals surface area contributed by atoms with Gasteiger partial charge in [0, 0.05) is 17.3 Å². The van der Waals surface area contributed by atoms with Crippen LogP contribution in [0, 0.1) is 0 Å². The molecule has 0 spiro atoms. The highest BCUT2D eigenvalue weighted by atomic mass is 35.5. The van der Waals surface area contributed by atoms with Gasteiger partial charge in [-0.05, 0) is 48.4 Å². The van der Waals surface area contributed by atoms with Crippen LogP contribution in [-0.4, -0.2) is 18.8 Å². The van der Waals surface area contributed by atoms with Gasteiger partial charge < -0.3 is 15.2 Å². The molecule has 0 aliphatic carbocycles. The van der Waals surface area contributed by atoms with Gasteiger partial charge in [-0.15, -0.1) is 0 Å². The smallest absolute Gasteiger partial charge is 0.119 e. The molecule has 20 heavy (non-hydrogen) atoms. The molecule has 0 unspecified atom stereocenters. The monoisotopic (exact) mass is 291 g/mol. The molecule has 0 aliphatic heterocycles. The minimum atomic E-state index is -0.488. The fraction of sp³-hybridized carbons (Fsp3) is 0.250. The van der Waals surface area contributed by atoms with E-state index < -0.39 is 6.10 Å². The van der Waals surface area contributed by atoms with Gasteiger partial charge in [0.15, 0.2) is 0 Å². The van der Waals surface area contributed by atoms with Crippen LogP contribution in [0.5, 0.6) is 5.75 Å². The van der Waals surface area contributed by atoms with E-state index in [1.807, 2.05) is 36.4 Å². The Kier molecular flexibility index (Phi) is 5.27. The first-order chi connectivity index (χ1) is 9.69. The van der Waals surface area contributed by atoms with E-state index >= 15 is 0 Å². The second-order valence-corrected chi connectivity index (χ2v) is 4.95. The lowest BCUT2D eigenvalue weighted by atomic mass is 10.1. The van der Waals surface area contributed by atoms with E-state index in [0.29, 0.717) is 18.0 Å². The Labute approximate surface area is 124 Å². The standard InChI is InChI=1S/C16H18ClNO2/c1-20-15-8-6-14(7-9-15)18-11-10-16(19)12-2-4-13(17)5-3-12/h2-9,16,18-19H,10-11H2,1H3/t16-/m0/s1. The number of halogens is 1. The summed E-state index contributed by atoms with van der Waals surface area (Å²) in [5.41, 5.74) is 1.89. The predicted octanol–water partition coefficient (Wildman–Crippen LogP) is 3.88. The molecule has 1 atom stereocenters. The molecular weight excluding hydrogens is 274 g/mol. The van der Waals surface area contributed by atoms with Gasteiger partial charge in [0.05, 0.1) is 13.2 Å². The fourth-order valence-electron chi connectivity index (χ4n) is 1.91. The number of hydrogen-bond donors (Lipinski definition) is 2. The van der Waals surface area contributed by atoms with Crippen LogP contribution < -0.4 is 10.1 Å². The number of rotatable bonds is 6. The molecule has 0 aromatic heterocycles. The van der Waals surface area contributed by atoms with Crippen molar-refractivity contribution >= 4 is 17.3 Å². The van der Waals surface area contributed by atoms with E-state index in [1.54, 1.807) is 19.2 Å². The summed E-state index contributed by atoms with van der Waals surface area (Å²) in [4.78, 5) is 0. The zero-order valence-electron chi connectivity index (χ0n) is 11.3. The first-order valence-corrected chi connectivity index (χ1v) is 6.88. The Bertz CT molecular complexity index is 525. The number of benzene rings is 2. The molecule has 2 rings (SSSR count). The zero-order valence-corrected chi connectivity index (χ0v) is 12.1. The summed E-state index contributed by atoms with van der Waals surface area (Å²) in [5, 5.41) is 14.0. The maximum Gasteiger partial charge on any atom is 0.119 e. The molecule has 0 bridgehead atoms. The highest BCUT2D eigenvalue weighted by Gasteiger charge is 2.06. The average Bonchev–Trinajstić information content (AvgIpc) is 2.48. The summed E-state index contributed by atoms with van der Waals surface area (Å²) in [5.74, 6) is 0.830. The summed E-state index contributed by atoms with van der Waals surface area (Å²) in [6.07, 6.45) is 0.145. The Morgan fingerprint density at radius 3 is 2.35 bits per heavy atom. The van der Waals surface area contributed by atoms with Gasteiger partial charge in [0.2, 0.25) is 0 Å². The fourth-order valence-corrected chi connectivity index (χ4v) is 2.04. The largest absolute Gasteiger partial charge is 0.497 e. The van der Waals surface area contributed by atoms with E-state index in [1.165, 1.54) is 0 Å². The van der Waals surface area contributed by atoms with Crippen LogP contribution >= 0.6 is 11.6 Å². The van der Waals surface area contributed by atoms with Crippen molar-refractivity contribution in [1.29, 1.82) is 0 Å². The highest BCUT2D eigenvalue weighted by Crippen LogP contribution is 2.20. The summed E-state index contributed by atoms with van der Waals surface area (Å²) < 4.78 is 5.10. The number of anilines is 1. The third-order valence-electron chi connectivity index (χ3n) is 3.09. The van der Waals surface area contributed by atoms with Gasteiger partial charge in [-0.25, -0.2) is 0 Å². The molecular formula is C16H18ClNO2. The second-order valence-electron chi connectivity index (χ2n) is 4.51. The SMILES string of the molecule is COc1ccc(NCC[C@H](O)c2ccc(Cl)cc2)cc1. The Balaban J connectivity index is 1.81. The lowest BCUT2D eigenvalue weighted by Gasteiger charge is -2.12. The number of aliphatic hydroxyl groups is 1. The highest BCUT2D eigenvalue weighted by molar-refractivity contribution is 6.30. The van der Waals surface area contributed by atoms with Crippen LogP contribution in [0.1, 0.15) is 18.1 Å². The van der Waals surface area contributed by atoms with Crippen molar-refractivity contribution in [1.82, 2.24) is 0 Å². The van der Waals surface area contributed by atoms with Crippen LogP contribution in [-0.2, 0) is 0 Å². The summed E-state index contributed by atoms with van der Waals surface area (Å²) in [6, 6.07) is 15.0. The maximum absolute atomic E-state index is 10.1. The van der Waals surface area contributed by atoms with Gasteiger partial charge >= 0.3 is 0 Å². The van der Waals surface area contributed by atoms with Crippen LogP contribution in [0.2, 0.25) is 5.02 Å². The molecule has 4 heteroatoms. The summed E-state index contributed by atoms with van der Waals surface area (Å²) >= 11 is 5.82. The molecule has 2 aromatic rings. The first-order valence-electron chi connectivity index (χ1n) is 6.50. The second kappa shape index (κ2) is 7.17. The van der Waals surface area contributed by atoms with Crippen LogP contribution in [0.15, 0.2) is 48.5 Å². The molecule has 106 valence electrons. The van der Waals surface area contributed by atoms with Gasteiger partial charge in [0.1, 0.15) is 5.75 Å². The Morgan fingerprint density at radius 2 is 1.75 bits per heavy atom. The average molecular weight is 292 g/mol. The molecule has 0 radical (unpaired) electrons. The third kappa shape index (κ3) is 4.15. The number of ether oxygens (including phenoxy) is 1. The molecule has 3 nitrogen and oxygen atoms in total. The molecule has 2 aromatic carbocycles. The number of aliphatic hydroxyl groups excluding tert-OH is 1. The Hall–Kier alpha value is -1.71. The van der Waals surface area contributed by atoms with Gasteiger partial charge in [-0.1, -0.05) is 23.7 Å². The predicted molar refractivity (Wildman–Crippen MR) is 82.5 cm³/mol. The minimum Gasteiger partial charge on any atom is -0.497 e.